The summed E-state index contributed by atoms with van der Waals surface area (Å²) in [6.07, 6.45) is 1.43. The van der Waals surface area contributed by atoms with E-state index in [0.717, 1.165) is 17.1 Å². The lowest BCUT2D eigenvalue weighted by Gasteiger charge is -2.38. The molecule has 2 aliphatic rings. The van der Waals surface area contributed by atoms with Crippen molar-refractivity contribution >= 4 is 35.0 Å². The van der Waals surface area contributed by atoms with Crippen molar-refractivity contribution in [3.05, 3.63) is 54.6 Å². The molecular formula is C23H27N3O2S. The zero-order chi connectivity index (χ0) is 20.2. The minimum Gasteiger partial charge on any atom is -0.358 e. The maximum Gasteiger partial charge on any atom is 0.242 e. The number of nitrogens with one attached hydrogen (secondary N) is 1. The van der Waals surface area contributed by atoms with Gasteiger partial charge in [-0.2, -0.15) is 0 Å². The number of amides is 2. The third-order valence-electron chi connectivity index (χ3n) is 5.75. The number of rotatable bonds is 4. The number of carbonyl (C=O) groups is 2. The smallest absolute Gasteiger partial charge is 0.242 e. The molecule has 1 atom stereocenters. The number of fused-ring (bicyclic) bond motifs is 1. The van der Waals surface area contributed by atoms with Crippen LogP contribution in [-0.2, 0) is 9.59 Å². The number of hydrogen-bond donors (Lipinski definition) is 1. The summed E-state index contributed by atoms with van der Waals surface area (Å²) in [7, 11) is 0. The number of anilines is 2. The van der Waals surface area contributed by atoms with E-state index in [1.54, 1.807) is 0 Å². The van der Waals surface area contributed by atoms with Gasteiger partial charge in [0.2, 0.25) is 11.8 Å². The predicted octanol–water partition coefficient (Wildman–Crippen LogP) is 3.86. The molecule has 2 amide bonds. The van der Waals surface area contributed by atoms with Crippen LogP contribution in [0, 0.1) is 5.92 Å². The van der Waals surface area contributed by atoms with Crippen LogP contribution in [0.4, 0.5) is 11.4 Å². The minimum atomic E-state index is -0.0368. The first-order chi connectivity index (χ1) is 14.1. The Labute approximate surface area is 176 Å². The first kappa shape index (κ1) is 19.8. The Kier molecular flexibility index (Phi) is 6.09. The zero-order valence-electron chi connectivity index (χ0n) is 16.7. The maximum absolute atomic E-state index is 13.0. The van der Waals surface area contributed by atoms with Gasteiger partial charge in [0.05, 0.1) is 12.2 Å². The number of hydrogen-bond acceptors (Lipinski definition) is 4. The van der Waals surface area contributed by atoms with Gasteiger partial charge in [0, 0.05) is 41.4 Å². The number of nitrogens with zero attached hydrogens (tertiary/aromatic N) is 2. The van der Waals surface area contributed by atoms with E-state index in [2.05, 4.69) is 29.3 Å². The Morgan fingerprint density at radius 1 is 1.03 bits per heavy atom. The van der Waals surface area contributed by atoms with Gasteiger partial charge in [-0.05, 0) is 44.0 Å². The fourth-order valence-corrected chi connectivity index (χ4v) is 5.11. The first-order valence-corrected chi connectivity index (χ1v) is 11.2. The van der Waals surface area contributed by atoms with Crippen molar-refractivity contribution in [3.8, 4) is 0 Å². The molecule has 2 heterocycles. The molecule has 0 spiro atoms. The highest BCUT2D eigenvalue weighted by atomic mass is 32.2. The average Bonchev–Trinajstić information content (AvgIpc) is 2.76. The molecule has 2 aromatic rings. The van der Waals surface area contributed by atoms with Crippen molar-refractivity contribution in [2.24, 2.45) is 5.92 Å². The number of piperidine rings is 1. The first-order valence-electron chi connectivity index (χ1n) is 10.2. The molecule has 29 heavy (non-hydrogen) atoms. The van der Waals surface area contributed by atoms with E-state index in [0.29, 0.717) is 38.5 Å². The number of para-hydroxylation sites is 2. The van der Waals surface area contributed by atoms with Crippen LogP contribution < -0.4 is 10.2 Å². The molecule has 0 saturated carbocycles. The van der Waals surface area contributed by atoms with Crippen LogP contribution in [0.25, 0.3) is 0 Å². The van der Waals surface area contributed by atoms with Crippen LogP contribution in [0.5, 0.6) is 0 Å². The van der Waals surface area contributed by atoms with Crippen molar-refractivity contribution in [2.45, 2.75) is 30.7 Å². The highest BCUT2D eigenvalue weighted by Gasteiger charge is 2.30. The zero-order valence-corrected chi connectivity index (χ0v) is 17.5. The highest BCUT2D eigenvalue weighted by Crippen LogP contribution is 2.37. The summed E-state index contributed by atoms with van der Waals surface area (Å²) in [4.78, 5) is 30.9. The van der Waals surface area contributed by atoms with Gasteiger partial charge in [-0.15, -0.1) is 11.8 Å². The summed E-state index contributed by atoms with van der Waals surface area (Å²) >= 11 is 1.86. The van der Waals surface area contributed by atoms with E-state index < -0.39 is 0 Å². The van der Waals surface area contributed by atoms with E-state index in [4.69, 9.17) is 0 Å². The normalized spacial score (nSPS) is 19.6. The molecule has 0 radical (unpaired) electrons. The number of carbonyl (C=O) groups excluding carboxylic acids is 2. The van der Waals surface area contributed by atoms with Gasteiger partial charge in [0.25, 0.3) is 0 Å². The van der Waals surface area contributed by atoms with Crippen molar-refractivity contribution in [2.75, 3.05) is 35.6 Å². The van der Waals surface area contributed by atoms with Crippen LogP contribution in [0.3, 0.4) is 0 Å². The van der Waals surface area contributed by atoms with Crippen molar-refractivity contribution in [3.63, 3.8) is 0 Å². The molecule has 0 bridgehead atoms. The second-order valence-electron chi connectivity index (χ2n) is 7.77. The van der Waals surface area contributed by atoms with E-state index in [1.165, 1.54) is 4.90 Å². The summed E-state index contributed by atoms with van der Waals surface area (Å²) in [5.41, 5.74) is 1.98. The molecule has 0 unspecified atom stereocenters. The number of thioether (sulfide) groups is 1. The molecule has 1 saturated heterocycles. The minimum absolute atomic E-state index is 0.0368. The fourth-order valence-electron chi connectivity index (χ4n) is 4.00. The largest absolute Gasteiger partial charge is 0.358 e. The Morgan fingerprint density at radius 3 is 2.48 bits per heavy atom. The highest BCUT2D eigenvalue weighted by molar-refractivity contribution is 7.99. The lowest BCUT2D eigenvalue weighted by atomic mass is 9.95. The van der Waals surface area contributed by atoms with Crippen LogP contribution in [0.15, 0.2) is 59.5 Å². The average molecular weight is 410 g/mol. The van der Waals surface area contributed by atoms with Gasteiger partial charge in [0.1, 0.15) is 0 Å². The van der Waals surface area contributed by atoms with Gasteiger partial charge in [-0.25, -0.2) is 0 Å². The van der Waals surface area contributed by atoms with Gasteiger partial charge in [-0.3, -0.25) is 9.59 Å². The quantitative estimate of drug-likeness (QED) is 0.833. The summed E-state index contributed by atoms with van der Waals surface area (Å²) in [5, 5.41) is 2.99. The molecule has 152 valence electrons. The summed E-state index contributed by atoms with van der Waals surface area (Å²) < 4.78 is 0. The van der Waals surface area contributed by atoms with Gasteiger partial charge >= 0.3 is 0 Å². The Bertz CT molecular complexity index is 865. The van der Waals surface area contributed by atoms with Crippen molar-refractivity contribution < 1.29 is 9.59 Å². The summed E-state index contributed by atoms with van der Waals surface area (Å²) in [5.74, 6) is 1.16. The van der Waals surface area contributed by atoms with Crippen LogP contribution in [0.1, 0.15) is 19.8 Å². The molecule has 2 aromatic carbocycles. The Morgan fingerprint density at radius 2 is 1.72 bits per heavy atom. The molecule has 4 rings (SSSR count). The van der Waals surface area contributed by atoms with E-state index in [1.807, 2.05) is 59.1 Å². The molecule has 2 aliphatic heterocycles. The molecule has 1 N–H and O–H groups in total. The van der Waals surface area contributed by atoms with E-state index >= 15 is 0 Å². The standard InChI is InChI=1S/C23H27N3O2S/c1-17-16-29-21-10-6-5-9-20(21)26(17)15-22(27)25-13-11-18(12-14-25)23(28)24-19-7-3-2-4-8-19/h2-10,17-18H,11-16H2,1H3,(H,24,28)/t17-/m0/s1. The lowest BCUT2D eigenvalue weighted by molar-refractivity contribution is -0.133. The Balaban J connectivity index is 1.32. The second-order valence-corrected chi connectivity index (χ2v) is 8.83. The maximum atomic E-state index is 13.0. The van der Waals surface area contributed by atoms with Gasteiger partial charge < -0.3 is 15.1 Å². The topological polar surface area (TPSA) is 52.7 Å². The molecule has 5 nitrogen and oxygen atoms in total. The molecule has 6 heteroatoms. The third-order valence-corrected chi connectivity index (χ3v) is 7.06. The van der Waals surface area contributed by atoms with E-state index in [-0.39, 0.29) is 17.7 Å². The predicted molar refractivity (Wildman–Crippen MR) is 118 cm³/mol. The third kappa shape index (κ3) is 4.58. The Hall–Kier alpha value is -2.47. The second kappa shape index (κ2) is 8.91. The number of benzene rings is 2. The van der Waals surface area contributed by atoms with Crippen LogP contribution in [-0.4, -0.2) is 48.1 Å². The van der Waals surface area contributed by atoms with Crippen molar-refractivity contribution in [1.82, 2.24) is 4.90 Å². The summed E-state index contributed by atoms with van der Waals surface area (Å²) in [6.45, 7) is 3.87. The molecular weight excluding hydrogens is 382 g/mol. The molecule has 1 fully saturated rings. The van der Waals surface area contributed by atoms with Gasteiger partial charge in [-0.1, -0.05) is 30.3 Å². The van der Waals surface area contributed by atoms with Crippen LogP contribution in [0.2, 0.25) is 0 Å². The van der Waals surface area contributed by atoms with Crippen molar-refractivity contribution in [1.29, 1.82) is 0 Å². The van der Waals surface area contributed by atoms with E-state index in [9.17, 15) is 9.59 Å². The van der Waals surface area contributed by atoms with Gasteiger partial charge in [0.15, 0.2) is 0 Å². The number of likely N-dealkylation sites (tertiary alicyclic amines) is 1. The summed E-state index contributed by atoms with van der Waals surface area (Å²) in [6, 6.07) is 18.2. The SMILES string of the molecule is C[C@H]1CSc2ccccc2N1CC(=O)N1CCC(C(=O)Nc2ccccc2)CC1. The monoisotopic (exact) mass is 409 g/mol. The lowest BCUT2D eigenvalue weighted by Crippen LogP contribution is -2.49. The molecule has 0 aromatic heterocycles. The van der Waals surface area contributed by atoms with Crippen LogP contribution >= 0.6 is 11.8 Å². The fraction of sp³-hybridized carbons (Fsp3) is 0.391. The molecule has 0 aliphatic carbocycles.